The molecule has 0 unspecified atom stereocenters. The Kier molecular flexibility index (Phi) is 3.66. The number of aryl methyl sites for hydroxylation is 2. The third-order valence-corrected chi connectivity index (χ3v) is 4.02. The molecule has 0 atom stereocenters. The predicted molar refractivity (Wildman–Crippen MR) is 84.5 cm³/mol. The maximum absolute atomic E-state index is 13.3. The monoisotopic (exact) mass is 299 g/mol. The summed E-state index contributed by atoms with van der Waals surface area (Å²) in [6.45, 7) is 3.96. The Bertz CT molecular complexity index is 783. The van der Waals surface area contributed by atoms with Crippen LogP contribution in [0.25, 0.3) is 11.3 Å². The molecule has 0 aliphatic heterocycles. The molecule has 0 amide bonds. The fourth-order valence-corrected chi connectivity index (χ4v) is 2.75. The lowest BCUT2D eigenvalue weighted by atomic mass is 10.1. The molecule has 0 spiro atoms. The Morgan fingerprint density at radius 1 is 1.14 bits per heavy atom. The molecule has 3 aromatic rings. The van der Waals surface area contributed by atoms with Crippen LogP contribution in [-0.4, -0.2) is 9.97 Å². The Morgan fingerprint density at radius 3 is 2.81 bits per heavy atom. The molecule has 1 aromatic carbocycles. The molecule has 3 rings (SSSR count). The Labute approximate surface area is 126 Å². The van der Waals surface area contributed by atoms with Crippen LogP contribution < -0.4 is 5.32 Å². The van der Waals surface area contributed by atoms with Crippen molar-refractivity contribution >= 4 is 22.2 Å². The van der Waals surface area contributed by atoms with Gasteiger partial charge in [0.25, 0.3) is 0 Å². The number of benzene rings is 1. The van der Waals surface area contributed by atoms with Crippen molar-refractivity contribution < 1.29 is 4.39 Å². The van der Waals surface area contributed by atoms with Crippen LogP contribution in [0.2, 0.25) is 0 Å². The van der Waals surface area contributed by atoms with E-state index < -0.39 is 0 Å². The van der Waals surface area contributed by atoms with Crippen LogP contribution in [0, 0.1) is 19.7 Å². The number of pyridine rings is 1. The van der Waals surface area contributed by atoms with Crippen molar-refractivity contribution in [2.45, 2.75) is 13.8 Å². The molecule has 106 valence electrons. The van der Waals surface area contributed by atoms with E-state index in [1.54, 1.807) is 12.3 Å². The number of aromatic nitrogens is 2. The lowest BCUT2D eigenvalue weighted by Gasteiger charge is -2.06. The zero-order chi connectivity index (χ0) is 14.8. The zero-order valence-electron chi connectivity index (χ0n) is 11.7. The Morgan fingerprint density at radius 2 is 2.00 bits per heavy atom. The van der Waals surface area contributed by atoms with E-state index in [1.165, 1.54) is 23.5 Å². The maximum atomic E-state index is 13.3. The Balaban J connectivity index is 1.89. The minimum Gasteiger partial charge on any atom is -0.331 e. The summed E-state index contributed by atoms with van der Waals surface area (Å²) in [6.07, 6.45) is 3.57. The molecule has 0 bridgehead atoms. The highest BCUT2D eigenvalue weighted by Gasteiger charge is 2.08. The third-order valence-electron chi connectivity index (χ3n) is 3.26. The topological polar surface area (TPSA) is 37.8 Å². The molecule has 0 fully saturated rings. The van der Waals surface area contributed by atoms with Crippen LogP contribution in [0.4, 0.5) is 15.2 Å². The van der Waals surface area contributed by atoms with Gasteiger partial charge in [-0.15, -0.1) is 11.3 Å². The number of thiazole rings is 1. The summed E-state index contributed by atoms with van der Waals surface area (Å²) in [4.78, 5) is 8.69. The molecular weight excluding hydrogens is 285 g/mol. The van der Waals surface area contributed by atoms with E-state index in [0.717, 1.165) is 33.2 Å². The van der Waals surface area contributed by atoms with Crippen molar-refractivity contribution in [3.8, 4) is 11.3 Å². The standard InChI is InChI=1S/C16H14FN3S/c1-10-5-6-18-8-13(10)15-9-21-16(20-15)19-14-7-12(17)4-3-11(14)2/h3-9H,1-2H3,(H,19,20). The summed E-state index contributed by atoms with van der Waals surface area (Å²) >= 11 is 1.49. The van der Waals surface area contributed by atoms with Crippen LogP contribution in [-0.2, 0) is 0 Å². The van der Waals surface area contributed by atoms with Gasteiger partial charge in [0.15, 0.2) is 5.13 Å². The minimum absolute atomic E-state index is 0.261. The van der Waals surface area contributed by atoms with Crippen molar-refractivity contribution in [2.24, 2.45) is 0 Å². The highest BCUT2D eigenvalue weighted by atomic mass is 32.1. The van der Waals surface area contributed by atoms with Crippen LogP contribution in [0.1, 0.15) is 11.1 Å². The second-order valence-electron chi connectivity index (χ2n) is 4.81. The SMILES string of the molecule is Cc1ccc(F)cc1Nc1nc(-c2cnccc2C)cs1. The van der Waals surface area contributed by atoms with Crippen molar-refractivity contribution in [3.05, 3.63) is 59.0 Å². The van der Waals surface area contributed by atoms with Crippen molar-refractivity contribution in [3.63, 3.8) is 0 Å². The smallest absolute Gasteiger partial charge is 0.187 e. The molecule has 0 aliphatic carbocycles. The van der Waals surface area contributed by atoms with Gasteiger partial charge in [0, 0.05) is 29.0 Å². The molecule has 0 radical (unpaired) electrons. The largest absolute Gasteiger partial charge is 0.331 e. The van der Waals surface area contributed by atoms with E-state index in [4.69, 9.17) is 0 Å². The fourth-order valence-electron chi connectivity index (χ4n) is 2.03. The van der Waals surface area contributed by atoms with Gasteiger partial charge < -0.3 is 5.32 Å². The summed E-state index contributed by atoms with van der Waals surface area (Å²) < 4.78 is 13.3. The summed E-state index contributed by atoms with van der Waals surface area (Å²) in [5.41, 5.74) is 4.73. The normalized spacial score (nSPS) is 10.6. The average Bonchev–Trinajstić information content (AvgIpc) is 2.92. The highest BCUT2D eigenvalue weighted by molar-refractivity contribution is 7.14. The summed E-state index contributed by atoms with van der Waals surface area (Å²) in [5, 5.41) is 5.88. The van der Waals surface area contributed by atoms with Crippen molar-refractivity contribution in [2.75, 3.05) is 5.32 Å². The number of anilines is 2. The maximum Gasteiger partial charge on any atom is 0.187 e. The van der Waals surface area contributed by atoms with Crippen LogP contribution in [0.3, 0.4) is 0 Å². The highest BCUT2D eigenvalue weighted by Crippen LogP contribution is 2.29. The van der Waals surface area contributed by atoms with Crippen LogP contribution >= 0.6 is 11.3 Å². The first-order valence-corrected chi connectivity index (χ1v) is 7.41. The number of hydrogen-bond acceptors (Lipinski definition) is 4. The molecule has 21 heavy (non-hydrogen) atoms. The van der Waals surface area contributed by atoms with E-state index in [-0.39, 0.29) is 5.82 Å². The first kappa shape index (κ1) is 13.7. The van der Waals surface area contributed by atoms with E-state index in [1.807, 2.05) is 31.5 Å². The lowest BCUT2D eigenvalue weighted by molar-refractivity contribution is 0.628. The molecule has 1 N–H and O–H groups in total. The first-order chi connectivity index (χ1) is 10.1. The second kappa shape index (κ2) is 5.61. The van der Waals surface area contributed by atoms with Gasteiger partial charge in [0.1, 0.15) is 5.82 Å². The quantitative estimate of drug-likeness (QED) is 0.761. The molecular formula is C16H14FN3S. The van der Waals surface area contributed by atoms with Gasteiger partial charge in [0.2, 0.25) is 0 Å². The Hall–Kier alpha value is -2.27. The van der Waals surface area contributed by atoms with E-state index in [9.17, 15) is 4.39 Å². The molecule has 5 heteroatoms. The number of nitrogens with one attached hydrogen (secondary N) is 1. The van der Waals surface area contributed by atoms with Crippen molar-refractivity contribution in [1.82, 2.24) is 9.97 Å². The summed E-state index contributed by atoms with van der Waals surface area (Å²) in [5.74, 6) is -0.261. The molecule has 0 aliphatic rings. The minimum atomic E-state index is -0.261. The molecule has 0 saturated heterocycles. The molecule has 3 nitrogen and oxygen atoms in total. The summed E-state index contributed by atoms with van der Waals surface area (Å²) in [7, 11) is 0. The van der Waals surface area contributed by atoms with E-state index >= 15 is 0 Å². The zero-order valence-corrected chi connectivity index (χ0v) is 12.5. The molecule has 0 saturated carbocycles. The fraction of sp³-hybridized carbons (Fsp3) is 0.125. The van der Waals surface area contributed by atoms with E-state index in [2.05, 4.69) is 15.3 Å². The van der Waals surface area contributed by atoms with Gasteiger partial charge in [0.05, 0.1) is 5.69 Å². The average molecular weight is 299 g/mol. The van der Waals surface area contributed by atoms with Gasteiger partial charge >= 0.3 is 0 Å². The number of halogens is 1. The van der Waals surface area contributed by atoms with Crippen molar-refractivity contribution in [1.29, 1.82) is 0 Å². The van der Waals surface area contributed by atoms with Gasteiger partial charge in [-0.1, -0.05) is 6.07 Å². The summed E-state index contributed by atoms with van der Waals surface area (Å²) in [6, 6.07) is 6.63. The van der Waals surface area contributed by atoms with Crippen LogP contribution in [0.15, 0.2) is 42.0 Å². The second-order valence-corrected chi connectivity index (χ2v) is 5.67. The predicted octanol–water partition coefficient (Wildman–Crippen LogP) is 4.70. The van der Waals surface area contributed by atoms with Gasteiger partial charge in [-0.05, 0) is 43.2 Å². The van der Waals surface area contributed by atoms with Gasteiger partial charge in [-0.2, -0.15) is 0 Å². The molecule has 2 heterocycles. The molecule has 2 aromatic heterocycles. The van der Waals surface area contributed by atoms with Crippen LogP contribution in [0.5, 0.6) is 0 Å². The number of nitrogens with zero attached hydrogens (tertiary/aromatic N) is 2. The number of rotatable bonds is 3. The van der Waals surface area contributed by atoms with E-state index in [0.29, 0.717) is 0 Å². The third kappa shape index (κ3) is 2.92. The lowest BCUT2D eigenvalue weighted by Crippen LogP contribution is -1.94. The van der Waals surface area contributed by atoms with Gasteiger partial charge in [-0.25, -0.2) is 9.37 Å². The number of hydrogen-bond donors (Lipinski definition) is 1. The van der Waals surface area contributed by atoms with Gasteiger partial charge in [-0.3, -0.25) is 4.98 Å². The first-order valence-electron chi connectivity index (χ1n) is 6.53.